The molecule has 1 aliphatic rings. The number of rotatable bonds is 9. The molecule has 0 amide bonds. The van der Waals surface area contributed by atoms with Crippen LogP contribution in [0.5, 0.6) is 0 Å². The lowest BCUT2D eigenvalue weighted by atomic mass is 9.83. The Labute approximate surface area is 185 Å². The summed E-state index contributed by atoms with van der Waals surface area (Å²) in [6.45, 7) is 0.643. The molecule has 31 heavy (non-hydrogen) atoms. The highest BCUT2D eigenvalue weighted by Gasteiger charge is 2.23. The van der Waals surface area contributed by atoms with Gasteiger partial charge in [-0.25, -0.2) is 0 Å². The standard InChI is InChI=1S/C28H31NO2/c30-26(15-12-23-7-6-18-29-20-23)19-22-13-16-27(17-14-22)31-21-25-10-4-5-11-28(25)24-8-2-1-3-9-24/h1-11,18,20,22,27H,12-17,19,21H2. The van der Waals surface area contributed by atoms with Gasteiger partial charge in [-0.15, -0.1) is 0 Å². The van der Waals surface area contributed by atoms with E-state index in [9.17, 15) is 4.79 Å². The number of ketones is 1. The lowest BCUT2D eigenvalue weighted by molar-refractivity contribution is -0.120. The van der Waals surface area contributed by atoms with Crippen molar-refractivity contribution in [2.45, 2.75) is 57.7 Å². The zero-order valence-corrected chi connectivity index (χ0v) is 18.1. The maximum atomic E-state index is 12.4. The molecule has 0 bridgehead atoms. The van der Waals surface area contributed by atoms with E-state index in [2.05, 4.69) is 53.5 Å². The number of benzene rings is 2. The maximum absolute atomic E-state index is 12.4. The van der Waals surface area contributed by atoms with Crippen LogP contribution in [-0.2, 0) is 22.6 Å². The molecule has 1 aromatic heterocycles. The second-order valence-electron chi connectivity index (χ2n) is 8.58. The molecule has 4 rings (SSSR count). The van der Waals surface area contributed by atoms with Crippen LogP contribution in [0.2, 0.25) is 0 Å². The maximum Gasteiger partial charge on any atom is 0.133 e. The number of carbonyl (C=O) groups is 1. The van der Waals surface area contributed by atoms with Crippen LogP contribution in [0.3, 0.4) is 0 Å². The van der Waals surface area contributed by atoms with Gasteiger partial charge in [0.15, 0.2) is 0 Å². The zero-order chi connectivity index (χ0) is 21.3. The zero-order valence-electron chi connectivity index (χ0n) is 18.1. The van der Waals surface area contributed by atoms with Crippen LogP contribution in [0.15, 0.2) is 79.1 Å². The van der Waals surface area contributed by atoms with Crippen molar-refractivity contribution in [1.82, 2.24) is 4.98 Å². The molecule has 0 saturated heterocycles. The summed E-state index contributed by atoms with van der Waals surface area (Å²) in [7, 11) is 0. The SMILES string of the molecule is O=C(CCc1cccnc1)CC1CCC(OCc2ccccc2-c2ccccc2)CC1. The van der Waals surface area contributed by atoms with Gasteiger partial charge in [0.05, 0.1) is 12.7 Å². The number of carbonyl (C=O) groups excluding carboxylic acids is 1. The first-order chi connectivity index (χ1) is 15.3. The molecule has 2 aromatic carbocycles. The van der Waals surface area contributed by atoms with Crippen LogP contribution in [0.4, 0.5) is 0 Å². The fourth-order valence-electron chi connectivity index (χ4n) is 4.51. The van der Waals surface area contributed by atoms with E-state index < -0.39 is 0 Å². The van der Waals surface area contributed by atoms with Gasteiger partial charge >= 0.3 is 0 Å². The van der Waals surface area contributed by atoms with Crippen LogP contribution >= 0.6 is 0 Å². The first-order valence-corrected chi connectivity index (χ1v) is 11.4. The number of aryl methyl sites for hydroxylation is 1. The Kier molecular flexibility index (Phi) is 7.62. The van der Waals surface area contributed by atoms with Gasteiger partial charge in [-0.3, -0.25) is 9.78 Å². The van der Waals surface area contributed by atoms with Gasteiger partial charge < -0.3 is 4.74 Å². The van der Waals surface area contributed by atoms with E-state index in [1.165, 1.54) is 16.7 Å². The van der Waals surface area contributed by atoms with Crippen molar-refractivity contribution in [3.05, 3.63) is 90.3 Å². The monoisotopic (exact) mass is 413 g/mol. The first-order valence-electron chi connectivity index (χ1n) is 11.4. The summed E-state index contributed by atoms with van der Waals surface area (Å²) >= 11 is 0. The van der Waals surface area contributed by atoms with Gasteiger partial charge in [-0.05, 0) is 66.3 Å². The highest BCUT2D eigenvalue weighted by molar-refractivity contribution is 5.78. The van der Waals surface area contributed by atoms with Crippen LogP contribution in [0.25, 0.3) is 11.1 Å². The minimum Gasteiger partial charge on any atom is -0.374 e. The molecule has 3 nitrogen and oxygen atoms in total. The van der Waals surface area contributed by atoms with Gasteiger partial charge in [-0.1, -0.05) is 60.7 Å². The second-order valence-corrected chi connectivity index (χ2v) is 8.58. The van der Waals surface area contributed by atoms with E-state index in [1.807, 2.05) is 24.4 Å². The first kappa shape index (κ1) is 21.5. The molecule has 1 fully saturated rings. The molecule has 0 atom stereocenters. The van der Waals surface area contributed by atoms with Gasteiger partial charge in [-0.2, -0.15) is 0 Å². The Morgan fingerprint density at radius 3 is 2.45 bits per heavy atom. The second kappa shape index (κ2) is 11.0. The number of pyridine rings is 1. The molecule has 3 heteroatoms. The molecule has 1 saturated carbocycles. The minimum absolute atomic E-state index is 0.297. The van der Waals surface area contributed by atoms with Crippen LogP contribution in [0.1, 0.15) is 49.7 Å². The largest absolute Gasteiger partial charge is 0.374 e. The Bertz CT molecular complexity index is 947. The van der Waals surface area contributed by atoms with Crippen molar-refractivity contribution >= 4 is 5.78 Å². The van der Waals surface area contributed by atoms with Crippen LogP contribution in [0, 0.1) is 5.92 Å². The summed E-state index contributed by atoms with van der Waals surface area (Å²) in [6.07, 6.45) is 10.3. The van der Waals surface area contributed by atoms with Gasteiger partial charge in [0, 0.05) is 25.2 Å². The number of Topliss-reactive ketones (excluding diaryl/α,β-unsaturated/α-hetero) is 1. The lowest BCUT2D eigenvalue weighted by Crippen LogP contribution is -2.23. The van der Waals surface area contributed by atoms with Crippen LogP contribution < -0.4 is 0 Å². The summed E-state index contributed by atoms with van der Waals surface area (Å²) in [6, 6.07) is 23.0. The van der Waals surface area contributed by atoms with Crippen molar-refractivity contribution in [3.8, 4) is 11.1 Å². The molecule has 0 spiro atoms. The number of hydrogen-bond donors (Lipinski definition) is 0. The highest BCUT2D eigenvalue weighted by atomic mass is 16.5. The third kappa shape index (κ3) is 6.35. The van der Waals surface area contributed by atoms with Gasteiger partial charge in [0.25, 0.3) is 0 Å². The van der Waals surface area contributed by atoms with Crippen molar-refractivity contribution in [3.63, 3.8) is 0 Å². The molecule has 160 valence electrons. The normalized spacial score (nSPS) is 18.6. The van der Waals surface area contributed by atoms with Crippen molar-refractivity contribution in [1.29, 1.82) is 0 Å². The number of nitrogens with zero attached hydrogens (tertiary/aromatic N) is 1. The van der Waals surface area contributed by atoms with Gasteiger partial charge in [0.2, 0.25) is 0 Å². The quantitative estimate of drug-likeness (QED) is 0.406. The highest BCUT2D eigenvalue weighted by Crippen LogP contribution is 2.31. The number of aromatic nitrogens is 1. The fraction of sp³-hybridized carbons (Fsp3) is 0.357. The molecular weight excluding hydrogens is 382 g/mol. The van der Waals surface area contributed by atoms with Crippen molar-refractivity contribution in [2.24, 2.45) is 5.92 Å². The van der Waals surface area contributed by atoms with E-state index >= 15 is 0 Å². The number of ether oxygens (including phenoxy) is 1. The smallest absolute Gasteiger partial charge is 0.133 e. The fourth-order valence-corrected chi connectivity index (χ4v) is 4.51. The summed E-state index contributed by atoms with van der Waals surface area (Å²) in [5.74, 6) is 0.892. The van der Waals surface area contributed by atoms with Crippen molar-refractivity contribution in [2.75, 3.05) is 0 Å². The molecule has 0 N–H and O–H groups in total. The average molecular weight is 414 g/mol. The van der Waals surface area contributed by atoms with Crippen LogP contribution in [-0.4, -0.2) is 16.9 Å². The van der Waals surface area contributed by atoms with E-state index in [0.29, 0.717) is 37.3 Å². The summed E-state index contributed by atoms with van der Waals surface area (Å²) in [5, 5.41) is 0. The topological polar surface area (TPSA) is 39.2 Å². The average Bonchev–Trinajstić information content (AvgIpc) is 2.84. The minimum atomic E-state index is 0.297. The molecule has 0 unspecified atom stereocenters. The molecule has 0 aliphatic heterocycles. The Hall–Kier alpha value is -2.78. The Morgan fingerprint density at radius 2 is 1.68 bits per heavy atom. The molecular formula is C28H31NO2. The molecule has 1 aliphatic carbocycles. The third-order valence-corrected chi connectivity index (χ3v) is 6.30. The number of hydrogen-bond acceptors (Lipinski definition) is 3. The predicted octanol–water partition coefficient (Wildman–Crippen LogP) is 6.42. The summed E-state index contributed by atoms with van der Waals surface area (Å²) < 4.78 is 6.30. The third-order valence-electron chi connectivity index (χ3n) is 6.30. The molecule has 1 heterocycles. The lowest BCUT2D eigenvalue weighted by Gasteiger charge is -2.28. The Balaban J connectivity index is 1.21. The van der Waals surface area contributed by atoms with E-state index in [1.54, 1.807) is 6.20 Å². The molecule has 3 aromatic rings. The van der Waals surface area contributed by atoms with E-state index in [0.717, 1.165) is 37.7 Å². The predicted molar refractivity (Wildman–Crippen MR) is 125 cm³/mol. The van der Waals surface area contributed by atoms with E-state index in [4.69, 9.17) is 4.74 Å². The molecule has 0 radical (unpaired) electrons. The van der Waals surface area contributed by atoms with Gasteiger partial charge in [0.1, 0.15) is 5.78 Å². The Morgan fingerprint density at radius 1 is 0.903 bits per heavy atom. The van der Waals surface area contributed by atoms with E-state index in [-0.39, 0.29) is 0 Å². The summed E-state index contributed by atoms with van der Waals surface area (Å²) in [5.41, 5.74) is 4.86. The van der Waals surface area contributed by atoms with Crippen molar-refractivity contribution < 1.29 is 9.53 Å². The summed E-state index contributed by atoms with van der Waals surface area (Å²) in [4.78, 5) is 16.5.